The second-order valence-corrected chi connectivity index (χ2v) is 4.86. The monoisotopic (exact) mass is 246 g/mol. The third-order valence-electron chi connectivity index (χ3n) is 2.44. The van der Waals surface area contributed by atoms with Crippen LogP contribution in [0.15, 0.2) is 24.3 Å². The molecule has 0 bridgehead atoms. The lowest BCUT2D eigenvalue weighted by Crippen LogP contribution is -2.14. The highest BCUT2D eigenvalue weighted by molar-refractivity contribution is 5.39. The maximum Gasteiger partial charge on any atom is 0.120 e. The van der Waals surface area contributed by atoms with Gasteiger partial charge in [-0.25, -0.2) is 0 Å². The fraction of sp³-hybridized carbons (Fsp3) is 0.500. The van der Waals surface area contributed by atoms with Crippen LogP contribution in [-0.4, -0.2) is 17.8 Å². The summed E-state index contributed by atoms with van der Waals surface area (Å²) in [4.78, 5) is 0. The largest absolute Gasteiger partial charge is 0.491 e. The van der Waals surface area contributed by atoms with E-state index in [1.807, 2.05) is 24.3 Å². The van der Waals surface area contributed by atoms with Gasteiger partial charge in [-0.15, -0.1) is 0 Å². The van der Waals surface area contributed by atoms with E-state index in [1.54, 1.807) is 0 Å². The van der Waals surface area contributed by atoms with Gasteiger partial charge in [-0.1, -0.05) is 31.8 Å². The van der Waals surface area contributed by atoms with E-state index in [9.17, 15) is 0 Å². The summed E-state index contributed by atoms with van der Waals surface area (Å²) in [5, 5.41) is 8.67. The van der Waals surface area contributed by atoms with Gasteiger partial charge in [-0.3, -0.25) is 0 Å². The minimum Gasteiger partial charge on any atom is -0.491 e. The second kappa shape index (κ2) is 7.79. The lowest BCUT2D eigenvalue weighted by Gasteiger charge is -2.16. The third kappa shape index (κ3) is 5.75. The van der Waals surface area contributed by atoms with Crippen molar-refractivity contribution < 1.29 is 9.84 Å². The van der Waals surface area contributed by atoms with E-state index in [4.69, 9.17) is 9.84 Å². The number of hydrogen-bond donors (Lipinski definition) is 1. The van der Waals surface area contributed by atoms with Gasteiger partial charge in [0.2, 0.25) is 0 Å². The van der Waals surface area contributed by atoms with Crippen LogP contribution in [0.4, 0.5) is 0 Å². The summed E-state index contributed by atoms with van der Waals surface area (Å²) in [5.74, 6) is 7.41. The first-order valence-corrected chi connectivity index (χ1v) is 6.48. The van der Waals surface area contributed by atoms with Crippen molar-refractivity contribution in [2.75, 3.05) is 6.61 Å². The third-order valence-corrected chi connectivity index (χ3v) is 2.44. The van der Waals surface area contributed by atoms with Crippen LogP contribution in [0.2, 0.25) is 0 Å². The maximum absolute atomic E-state index is 8.67. The normalized spacial score (nSPS) is 11.8. The number of aliphatic hydroxyl groups is 1. The van der Waals surface area contributed by atoms with Crippen molar-refractivity contribution in [2.24, 2.45) is 5.92 Å². The van der Waals surface area contributed by atoms with Gasteiger partial charge in [-0.05, 0) is 37.5 Å². The summed E-state index contributed by atoms with van der Waals surface area (Å²) in [6.45, 7) is 6.58. The molecule has 0 saturated heterocycles. The zero-order valence-electron chi connectivity index (χ0n) is 11.4. The number of benzene rings is 1. The van der Waals surface area contributed by atoms with Crippen LogP contribution in [0.25, 0.3) is 0 Å². The molecule has 0 aliphatic carbocycles. The minimum absolute atomic E-state index is 0.106. The van der Waals surface area contributed by atoms with Crippen LogP contribution >= 0.6 is 0 Å². The summed E-state index contributed by atoms with van der Waals surface area (Å²) < 4.78 is 5.85. The van der Waals surface area contributed by atoms with Crippen LogP contribution in [0.3, 0.4) is 0 Å². The molecule has 0 amide bonds. The fourth-order valence-corrected chi connectivity index (χ4v) is 1.81. The number of aliphatic hydroxyl groups excluding tert-OH is 1. The highest BCUT2D eigenvalue weighted by atomic mass is 16.5. The Bertz CT molecular complexity index is 413. The molecule has 0 spiro atoms. The Morgan fingerprint density at radius 3 is 2.72 bits per heavy atom. The van der Waals surface area contributed by atoms with E-state index in [1.165, 1.54) is 0 Å². The molecule has 0 aliphatic rings. The number of ether oxygens (including phenoxy) is 1. The zero-order valence-corrected chi connectivity index (χ0v) is 11.4. The second-order valence-electron chi connectivity index (χ2n) is 4.86. The van der Waals surface area contributed by atoms with Crippen molar-refractivity contribution in [2.45, 2.75) is 39.7 Å². The smallest absolute Gasteiger partial charge is 0.120 e. The zero-order chi connectivity index (χ0) is 13.4. The topological polar surface area (TPSA) is 29.5 Å². The van der Waals surface area contributed by atoms with Crippen molar-refractivity contribution in [1.29, 1.82) is 0 Å². The first-order chi connectivity index (χ1) is 8.61. The molecule has 1 N–H and O–H groups in total. The highest BCUT2D eigenvalue weighted by Crippen LogP contribution is 2.17. The van der Waals surface area contributed by atoms with Gasteiger partial charge >= 0.3 is 0 Å². The highest BCUT2D eigenvalue weighted by Gasteiger charge is 2.06. The van der Waals surface area contributed by atoms with E-state index >= 15 is 0 Å². The lowest BCUT2D eigenvalue weighted by molar-refractivity contribution is 0.193. The van der Waals surface area contributed by atoms with Crippen LogP contribution < -0.4 is 4.74 Å². The van der Waals surface area contributed by atoms with Crippen LogP contribution in [0.5, 0.6) is 5.75 Å². The maximum atomic E-state index is 8.67. The van der Waals surface area contributed by atoms with E-state index in [-0.39, 0.29) is 12.7 Å². The van der Waals surface area contributed by atoms with Gasteiger partial charge in [-0.2, -0.15) is 0 Å². The Hall–Kier alpha value is -1.46. The molecule has 1 aromatic rings. The Morgan fingerprint density at radius 2 is 2.06 bits per heavy atom. The minimum atomic E-state index is 0.106. The number of hydrogen-bond acceptors (Lipinski definition) is 2. The molecular formula is C16H22O2. The standard InChI is InChI=1S/C16H22O2/c1-13(2)11-14(3)18-16-9-6-8-15(12-16)7-4-5-10-17/h6,8-9,12-14,17H,5,10-11H2,1-3H3. The van der Waals surface area contributed by atoms with Crippen molar-refractivity contribution >= 4 is 0 Å². The summed E-state index contributed by atoms with van der Waals surface area (Å²) in [6, 6.07) is 7.79. The Morgan fingerprint density at radius 1 is 1.28 bits per heavy atom. The van der Waals surface area contributed by atoms with E-state index in [0.29, 0.717) is 12.3 Å². The van der Waals surface area contributed by atoms with Crippen LogP contribution in [0.1, 0.15) is 39.2 Å². The fourth-order valence-electron chi connectivity index (χ4n) is 1.81. The Balaban J connectivity index is 2.62. The first-order valence-electron chi connectivity index (χ1n) is 6.48. The first kappa shape index (κ1) is 14.6. The molecule has 0 saturated carbocycles. The van der Waals surface area contributed by atoms with Crippen LogP contribution in [0, 0.1) is 17.8 Å². The molecule has 2 nitrogen and oxygen atoms in total. The average Bonchev–Trinajstić information content (AvgIpc) is 2.28. The molecule has 0 fully saturated rings. The van der Waals surface area contributed by atoms with Gasteiger partial charge in [0.05, 0.1) is 12.7 Å². The predicted molar refractivity (Wildman–Crippen MR) is 74.6 cm³/mol. The van der Waals surface area contributed by atoms with Crippen LogP contribution in [-0.2, 0) is 0 Å². The molecular weight excluding hydrogens is 224 g/mol. The average molecular weight is 246 g/mol. The van der Waals surface area contributed by atoms with Gasteiger partial charge in [0, 0.05) is 12.0 Å². The molecule has 0 heterocycles. The van der Waals surface area contributed by atoms with Gasteiger partial charge in [0.15, 0.2) is 0 Å². The van der Waals surface area contributed by atoms with E-state index in [2.05, 4.69) is 32.6 Å². The van der Waals surface area contributed by atoms with Gasteiger partial charge in [0.25, 0.3) is 0 Å². The van der Waals surface area contributed by atoms with Crippen molar-refractivity contribution in [3.63, 3.8) is 0 Å². The SMILES string of the molecule is CC(C)CC(C)Oc1cccc(C#CCCO)c1. The molecule has 1 atom stereocenters. The Labute approximate surface area is 110 Å². The molecule has 98 valence electrons. The molecule has 0 aromatic heterocycles. The lowest BCUT2D eigenvalue weighted by atomic mass is 10.1. The molecule has 1 rings (SSSR count). The molecule has 2 heteroatoms. The quantitative estimate of drug-likeness (QED) is 0.808. The summed E-state index contributed by atoms with van der Waals surface area (Å²) in [5.41, 5.74) is 0.928. The van der Waals surface area contributed by atoms with Crippen molar-refractivity contribution in [3.05, 3.63) is 29.8 Å². The summed E-state index contributed by atoms with van der Waals surface area (Å²) in [6.07, 6.45) is 1.76. The Kier molecular flexibility index (Phi) is 6.32. The van der Waals surface area contributed by atoms with E-state index < -0.39 is 0 Å². The van der Waals surface area contributed by atoms with Crippen molar-refractivity contribution in [1.82, 2.24) is 0 Å². The molecule has 18 heavy (non-hydrogen) atoms. The predicted octanol–water partition coefficient (Wildman–Crippen LogP) is 3.23. The molecule has 1 aromatic carbocycles. The van der Waals surface area contributed by atoms with Gasteiger partial charge in [0.1, 0.15) is 5.75 Å². The molecule has 0 aliphatic heterocycles. The van der Waals surface area contributed by atoms with E-state index in [0.717, 1.165) is 17.7 Å². The number of rotatable bonds is 5. The van der Waals surface area contributed by atoms with Crippen molar-refractivity contribution in [3.8, 4) is 17.6 Å². The summed E-state index contributed by atoms with van der Waals surface area (Å²) in [7, 11) is 0. The summed E-state index contributed by atoms with van der Waals surface area (Å²) >= 11 is 0. The van der Waals surface area contributed by atoms with Gasteiger partial charge < -0.3 is 9.84 Å². The molecule has 1 unspecified atom stereocenters. The molecule has 0 radical (unpaired) electrons.